The van der Waals surface area contributed by atoms with Gasteiger partial charge >= 0.3 is 0 Å². The second-order valence-electron chi connectivity index (χ2n) is 9.44. The monoisotopic (exact) mass is 464 g/mol. The molecule has 2 aromatic rings. The minimum absolute atomic E-state index is 0.0446. The van der Waals surface area contributed by atoms with E-state index in [1.165, 1.54) is 0 Å². The third-order valence-electron chi connectivity index (χ3n) is 6.87. The van der Waals surface area contributed by atoms with Crippen LogP contribution < -0.4 is 0 Å². The minimum atomic E-state index is -0.232. The second kappa shape index (κ2) is 14.2. The van der Waals surface area contributed by atoms with E-state index in [0.717, 1.165) is 43.6 Å². The van der Waals surface area contributed by atoms with Crippen LogP contribution in [0.25, 0.3) is 0 Å². The molecule has 3 unspecified atom stereocenters. The van der Waals surface area contributed by atoms with Crippen molar-refractivity contribution in [1.29, 1.82) is 0 Å². The maximum absolute atomic E-state index is 13.6. The van der Waals surface area contributed by atoms with Gasteiger partial charge in [-0.15, -0.1) is 0 Å². The van der Waals surface area contributed by atoms with Crippen molar-refractivity contribution in [3.63, 3.8) is 0 Å². The summed E-state index contributed by atoms with van der Waals surface area (Å²) in [5, 5.41) is 0. The zero-order valence-corrected chi connectivity index (χ0v) is 22.0. The zero-order valence-electron chi connectivity index (χ0n) is 22.0. The van der Waals surface area contributed by atoms with E-state index in [1.807, 2.05) is 55.5 Å². The van der Waals surface area contributed by atoms with Gasteiger partial charge in [0.25, 0.3) is 0 Å². The topological polar surface area (TPSA) is 40.6 Å². The van der Waals surface area contributed by atoms with Gasteiger partial charge in [0.1, 0.15) is 0 Å². The van der Waals surface area contributed by atoms with Crippen LogP contribution in [0.4, 0.5) is 0 Å². The van der Waals surface area contributed by atoms with E-state index in [1.54, 1.807) is 0 Å². The Morgan fingerprint density at radius 3 is 1.71 bits per heavy atom. The van der Waals surface area contributed by atoms with Gasteiger partial charge in [0.15, 0.2) is 11.6 Å². The predicted molar refractivity (Wildman–Crippen MR) is 142 cm³/mol. The molecule has 0 fully saturated rings. The van der Waals surface area contributed by atoms with Crippen LogP contribution in [0.5, 0.6) is 0 Å². The Balaban J connectivity index is 2.13. The van der Waals surface area contributed by atoms with Gasteiger partial charge in [0.05, 0.1) is 12.1 Å². The number of ketones is 2. The molecule has 0 aromatic heterocycles. The quantitative estimate of drug-likeness (QED) is 0.302. The molecule has 2 aromatic carbocycles. The molecule has 0 radical (unpaired) electrons. The van der Waals surface area contributed by atoms with Crippen molar-refractivity contribution in [2.45, 2.75) is 78.9 Å². The lowest BCUT2D eigenvalue weighted by molar-refractivity contribution is -0.128. The van der Waals surface area contributed by atoms with E-state index in [9.17, 15) is 9.59 Å². The molecular weight excluding hydrogens is 420 g/mol. The fourth-order valence-corrected chi connectivity index (χ4v) is 4.85. The Kier molecular flexibility index (Phi) is 11.7. The summed E-state index contributed by atoms with van der Waals surface area (Å²) in [7, 11) is 0. The smallest absolute Gasteiger partial charge is 0.157 e. The van der Waals surface area contributed by atoms with E-state index in [4.69, 9.17) is 0 Å². The Labute approximate surface area is 207 Å². The van der Waals surface area contributed by atoms with Crippen LogP contribution in [-0.4, -0.2) is 47.0 Å². The van der Waals surface area contributed by atoms with Gasteiger partial charge in [-0.3, -0.25) is 19.4 Å². The molecule has 0 amide bonds. The van der Waals surface area contributed by atoms with Crippen LogP contribution in [0.2, 0.25) is 0 Å². The molecule has 4 heteroatoms. The summed E-state index contributed by atoms with van der Waals surface area (Å²) in [4.78, 5) is 31.1. The van der Waals surface area contributed by atoms with Crippen LogP contribution in [0, 0.1) is 5.92 Å². The predicted octanol–water partition coefficient (Wildman–Crippen LogP) is 6.49. The van der Waals surface area contributed by atoms with Crippen LogP contribution in [-0.2, 0) is 9.59 Å². The van der Waals surface area contributed by atoms with Crippen molar-refractivity contribution in [1.82, 2.24) is 9.80 Å². The Morgan fingerprint density at radius 2 is 1.26 bits per heavy atom. The number of Topliss-reactive ketones (excluding diaryl/α,β-unsaturated/α-hetero) is 2. The standard InChI is InChI=1S/C30H44N2O2/c1-7-27(33)28(25-18-12-10-13-19-25)32(23(4)5)22-16-17-24(6)30(34)29(31(8-2)9-3)26-20-14-11-15-21-26/h10-15,18-21,23-24,28-29H,7-9,16-17,22H2,1-6H3. The van der Waals surface area contributed by atoms with E-state index in [0.29, 0.717) is 6.42 Å². The molecule has 0 N–H and O–H groups in total. The van der Waals surface area contributed by atoms with E-state index < -0.39 is 0 Å². The summed E-state index contributed by atoms with van der Waals surface area (Å²) < 4.78 is 0. The molecule has 34 heavy (non-hydrogen) atoms. The van der Waals surface area contributed by atoms with Crippen molar-refractivity contribution >= 4 is 11.6 Å². The van der Waals surface area contributed by atoms with Crippen LogP contribution in [0.1, 0.15) is 84.0 Å². The zero-order chi connectivity index (χ0) is 25.1. The summed E-state index contributed by atoms with van der Waals surface area (Å²) >= 11 is 0. The average molecular weight is 465 g/mol. The van der Waals surface area contributed by atoms with Gasteiger partial charge in [0.2, 0.25) is 0 Å². The molecule has 186 valence electrons. The molecule has 0 aliphatic heterocycles. The lowest BCUT2D eigenvalue weighted by atomic mass is 9.89. The van der Waals surface area contributed by atoms with Gasteiger partial charge in [-0.2, -0.15) is 0 Å². The van der Waals surface area contributed by atoms with Crippen molar-refractivity contribution in [2.24, 2.45) is 5.92 Å². The molecule has 0 saturated carbocycles. The number of likely N-dealkylation sites (N-methyl/N-ethyl adjacent to an activating group) is 1. The molecule has 0 saturated heterocycles. The summed E-state index contributed by atoms with van der Waals surface area (Å²) in [6.45, 7) is 15.0. The molecule has 3 atom stereocenters. The molecule has 2 rings (SSSR count). The van der Waals surface area contributed by atoms with Gasteiger partial charge in [-0.25, -0.2) is 0 Å². The van der Waals surface area contributed by atoms with Gasteiger partial charge < -0.3 is 0 Å². The summed E-state index contributed by atoms with van der Waals surface area (Å²) in [5.41, 5.74) is 2.13. The first-order valence-electron chi connectivity index (χ1n) is 13.0. The second-order valence-corrected chi connectivity index (χ2v) is 9.44. The highest BCUT2D eigenvalue weighted by atomic mass is 16.1. The third kappa shape index (κ3) is 7.35. The fourth-order valence-electron chi connectivity index (χ4n) is 4.85. The van der Waals surface area contributed by atoms with Crippen molar-refractivity contribution < 1.29 is 9.59 Å². The minimum Gasteiger partial charge on any atom is -0.298 e. The Bertz CT molecular complexity index is 862. The highest BCUT2D eigenvalue weighted by molar-refractivity contribution is 5.87. The van der Waals surface area contributed by atoms with Crippen LogP contribution >= 0.6 is 0 Å². The van der Waals surface area contributed by atoms with Gasteiger partial charge in [-0.1, -0.05) is 88.4 Å². The maximum atomic E-state index is 13.6. The number of carbonyl (C=O) groups excluding carboxylic acids is 2. The Morgan fingerprint density at radius 1 is 0.765 bits per heavy atom. The normalized spacial score (nSPS) is 14.4. The lowest BCUT2D eigenvalue weighted by Gasteiger charge is -2.35. The highest BCUT2D eigenvalue weighted by Crippen LogP contribution is 2.29. The highest BCUT2D eigenvalue weighted by Gasteiger charge is 2.31. The van der Waals surface area contributed by atoms with E-state index >= 15 is 0 Å². The number of carbonyl (C=O) groups is 2. The molecule has 0 aliphatic carbocycles. The summed E-state index contributed by atoms with van der Waals surface area (Å²) in [6.07, 6.45) is 2.21. The third-order valence-corrected chi connectivity index (χ3v) is 6.87. The van der Waals surface area contributed by atoms with Crippen molar-refractivity contribution in [2.75, 3.05) is 19.6 Å². The van der Waals surface area contributed by atoms with Crippen LogP contribution in [0.3, 0.4) is 0 Å². The van der Waals surface area contributed by atoms with E-state index in [2.05, 4.69) is 56.6 Å². The largest absolute Gasteiger partial charge is 0.298 e. The average Bonchev–Trinajstić information content (AvgIpc) is 2.86. The first-order chi connectivity index (χ1) is 16.3. The summed E-state index contributed by atoms with van der Waals surface area (Å²) in [6, 6.07) is 20.0. The molecular formula is C30H44N2O2. The SMILES string of the molecule is CCC(=O)C(c1ccccc1)N(CCCC(C)C(=O)C(c1ccccc1)N(CC)CC)C(C)C. The molecule has 0 aliphatic rings. The maximum Gasteiger partial charge on any atom is 0.157 e. The summed E-state index contributed by atoms with van der Waals surface area (Å²) in [5.74, 6) is 0.488. The van der Waals surface area contributed by atoms with E-state index in [-0.39, 0.29) is 35.6 Å². The molecule has 0 spiro atoms. The number of rotatable bonds is 15. The van der Waals surface area contributed by atoms with Gasteiger partial charge in [-0.05, 0) is 57.5 Å². The first-order valence-corrected chi connectivity index (χ1v) is 13.0. The molecule has 4 nitrogen and oxygen atoms in total. The number of nitrogens with zero attached hydrogens (tertiary/aromatic N) is 2. The number of hydrogen-bond donors (Lipinski definition) is 0. The van der Waals surface area contributed by atoms with Crippen LogP contribution in [0.15, 0.2) is 60.7 Å². The van der Waals surface area contributed by atoms with Crippen molar-refractivity contribution in [3.8, 4) is 0 Å². The van der Waals surface area contributed by atoms with Crippen molar-refractivity contribution in [3.05, 3.63) is 71.8 Å². The number of hydrogen-bond acceptors (Lipinski definition) is 4. The Hall–Kier alpha value is -2.30. The first kappa shape index (κ1) is 27.9. The fraction of sp³-hybridized carbons (Fsp3) is 0.533. The molecule has 0 bridgehead atoms. The molecule has 0 heterocycles. The lowest BCUT2D eigenvalue weighted by Crippen LogP contribution is -2.40. The van der Waals surface area contributed by atoms with Gasteiger partial charge in [0, 0.05) is 18.4 Å². The number of benzene rings is 2.